The van der Waals surface area contributed by atoms with E-state index < -0.39 is 22.2 Å². The van der Waals surface area contributed by atoms with Crippen molar-refractivity contribution in [1.29, 1.82) is 0 Å². The Morgan fingerprint density at radius 3 is 2.48 bits per heavy atom. The molecule has 2 aliphatic heterocycles. The molecular formula is C18H28ClN3O4S. The molecule has 1 aromatic carbocycles. The van der Waals surface area contributed by atoms with Crippen LogP contribution in [0.4, 0.5) is 5.69 Å². The van der Waals surface area contributed by atoms with Gasteiger partial charge in [-0.1, -0.05) is 18.9 Å². The van der Waals surface area contributed by atoms with Gasteiger partial charge in [-0.15, -0.1) is 12.4 Å². The van der Waals surface area contributed by atoms with E-state index in [9.17, 15) is 18.3 Å². The number of nitrogens with zero attached hydrogens (tertiary/aromatic N) is 1. The fourth-order valence-electron chi connectivity index (χ4n) is 3.52. The number of aliphatic hydroxyl groups excluding tert-OH is 1. The summed E-state index contributed by atoms with van der Waals surface area (Å²) < 4.78 is 27.7. The molecule has 2 fully saturated rings. The second-order valence-electron chi connectivity index (χ2n) is 7.14. The van der Waals surface area contributed by atoms with Gasteiger partial charge in [0.2, 0.25) is 15.9 Å². The van der Waals surface area contributed by atoms with Crippen molar-refractivity contribution in [2.75, 3.05) is 25.0 Å². The van der Waals surface area contributed by atoms with Crippen LogP contribution >= 0.6 is 12.4 Å². The van der Waals surface area contributed by atoms with Crippen LogP contribution in [0, 0.1) is 6.92 Å². The van der Waals surface area contributed by atoms with Crippen LogP contribution in [0.2, 0.25) is 0 Å². The first-order valence-corrected chi connectivity index (χ1v) is 10.6. The minimum atomic E-state index is -3.58. The lowest BCUT2D eigenvalue weighted by Gasteiger charge is -2.21. The van der Waals surface area contributed by atoms with Crippen molar-refractivity contribution < 1.29 is 18.3 Å². The lowest BCUT2D eigenvalue weighted by Crippen LogP contribution is -2.35. The first kappa shape index (κ1) is 22.1. The van der Waals surface area contributed by atoms with E-state index in [1.165, 1.54) is 0 Å². The number of hydrogen-bond acceptors (Lipinski definition) is 5. The molecule has 3 rings (SSSR count). The molecular weight excluding hydrogens is 390 g/mol. The third kappa shape index (κ3) is 5.20. The number of carbonyl (C=O) groups is 1. The highest BCUT2D eigenvalue weighted by molar-refractivity contribution is 7.89. The van der Waals surface area contributed by atoms with Crippen LogP contribution in [-0.4, -0.2) is 55.5 Å². The van der Waals surface area contributed by atoms with Crippen molar-refractivity contribution in [3.05, 3.63) is 23.8 Å². The van der Waals surface area contributed by atoms with E-state index in [0.717, 1.165) is 25.7 Å². The lowest BCUT2D eigenvalue weighted by atomic mass is 10.2. The molecule has 27 heavy (non-hydrogen) atoms. The fourth-order valence-corrected chi connectivity index (χ4v) is 5.29. The number of sulfonamides is 1. The molecule has 0 aliphatic carbocycles. The number of hydrogen-bond donors (Lipinski definition) is 3. The summed E-state index contributed by atoms with van der Waals surface area (Å²) in [5, 5.41) is 15.3. The van der Waals surface area contributed by atoms with Crippen LogP contribution < -0.4 is 10.6 Å². The molecule has 7 nitrogen and oxygen atoms in total. The Morgan fingerprint density at radius 1 is 1.22 bits per heavy atom. The van der Waals surface area contributed by atoms with Gasteiger partial charge >= 0.3 is 0 Å². The van der Waals surface area contributed by atoms with Crippen LogP contribution in [0.25, 0.3) is 0 Å². The molecule has 2 saturated heterocycles. The molecule has 2 aliphatic rings. The molecule has 2 heterocycles. The first-order valence-electron chi connectivity index (χ1n) is 9.21. The minimum absolute atomic E-state index is 0. The molecule has 0 aromatic heterocycles. The van der Waals surface area contributed by atoms with Gasteiger partial charge in [-0.3, -0.25) is 4.79 Å². The maximum absolute atomic E-state index is 13.1. The van der Waals surface area contributed by atoms with Crippen molar-refractivity contribution in [3.63, 3.8) is 0 Å². The molecule has 3 N–H and O–H groups in total. The normalized spacial score (nSPS) is 24.1. The number of benzene rings is 1. The Kier molecular flexibility index (Phi) is 7.64. The van der Waals surface area contributed by atoms with Crippen LogP contribution in [-0.2, 0) is 14.8 Å². The number of halogens is 1. The Morgan fingerprint density at radius 2 is 1.89 bits per heavy atom. The average molecular weight is 418 g/mol. The quantitative estimate of drug-likeness (QED) is 0.691. The average Bonchev–Trinajstić information content (AvgIpc) is 2.86. The Balaban J connectivity index is 0.00000261. The number of rotatable bonds is 4. The van der Waals surface area contributed by atoms with Crippen molar-refractivity contribution in [1.82, 2.24) is 9.62 Å². The molecule has 2 unspecified atom stereocenters. The summed E-state index contributed by atoms with van der Waals surface area (Å²) in [6.07, 6.45) is 3.70. The van der Waals surface area contributed by atoms with Gasteiger partial charge < -0.3 is 15.7 Å². The molecule has 1 amide bonds. The number of aliphatic hydroxyl groups is 1. The standard InChI is InChI=1S/C18H27N3O4S.ClH/c1-13-6-7-14(20-18(23)16-11-15(22)12-19-16)10-17(13)26(24,25)21-8-4-2-3-5-9-21;/h6-7,10,15-16,19,22H,2-5,8-9,11-12H2,1H3,(H,20,23);1H. The van der Waals surface area contributed by atoms with Crippen LogP contribution in [0.1, 0.15) is 37.7 Å². The van der Waals surface area contributed by atoms with Crippen LogP contribution in [0.5, 0.6) is 0 Å². The maximum Gasteiger partial charge on any atom is 0.243 e. The fraction of sp³-hybridized carbons (Fsp3) is 0.611. The summed E-state index contributed by atoms with van der Waals surface area (Å²) in [7, 11) is -3.58. The number of nitrogens with one attached hydrogen (secondary N) is 2. The van der Waals surface area contributed by atoms with E-state index in [4.69, 9.17) is 0 Å². The second kappa shape index (κ2) is 9.34. The van der Waals surface area contributed by atoms with Crippen molar-refractivity contribution in [3.8, 4) is 0 Å². The summed E-state index contributed by atoms with van der Waals surface area (Å²) in [6.45, 7) is 3.25. The van der Waals surface area contributed by atoms with E-state index in [0.29, 0.717) is 37.3 Å². The van der Waals surface area contributed by atoms with E-state index in [2.05, 4.69) is 10.6 Å². The van der Waals surface area contributed by atoms with Gasteiger partial charge in [-0.05, 0) is 43.9 Å². The van der Waals surface area contributed by atoms with Crippen molar-refractivity contribution in [2.24, 2.45) is 0 Å². The summed E-state index contributed by atoms with van der Waals surface area (Å²) in [6, 6.07) is 4.51. The molecule has 152 valence electrons. The molecule has 9 heteroatoms. The highest BCUT2D eigenvalue weighted by Crippen LogP contribution is 2.26. The first-order chi connectivity index (χ1) is 12.4. The minimum Gasteiger partial charge on any atom is -0.392 e. The predicted molar refractivity (Wildman–Crippen MR) is 107 cm³/mol. The number of amides is 1. The molecule has 1 aromatic rings. The largest absolute Gasteiger partial charge is 0.392 e. The second-order valence-corrected chi connectivity index (χ2v) is 9.04. The zero-order valence-corrected chi connectivity index (χ0v) is 17.1. The maximum atomic E-state index is 13.1. The lowest BCUT2D eigenvalue weighted by molar-refractivity contribution is -0.117. The number of β-amino-alcohol motifs (C(OH)–C–C–N with tert-alkyl or cyclic N) is 1. The van der Waals surface area contributed by atoms with Gasteiger partial charge in [0.1, 0.15) is 0 Å². The number of anilines is 1. The van der Waals surface area contributed by atoms with Gasteiger partial charge in [0.15, 0.2) is 0 Å². The van der Waals surface area contributed by atoms with Crippen molar-refractivity contribution >= 4 is 34.0 Å². The Hall–Kier alpha value is -1.19. The van der Waals surface area contributed by atoms with Crippen LogP contribution in [0.3, 0.4) is 0 Å². The SMILES string of the molecule is Cc1ccc(NC(=O)C2CC(O)CN2)cc1S(=O)(=O)N1CCCCCC1.Cl. The number of aryl methyl sites for hydroxylation is 1. The van der Waals surface area contributed by atoms with Gasteiger partial charge in [0.05, 0.1) is 17.0 Å². The van der Waals surface area contributed by atoms with Gasteiger partial charge in [-0.25, -0.2) is 8.42 Å². The third-order valence-electron chi connectivity index (χ3n) is 5.06. The predicted octanol–water partition coefficient (Wildman–Crippen LogP) is 1.64. The highest BCUT2D eigenvalue weighted by Gasteiger charge is 2.29. The molecule has 0 spiro atoms. The molecule has 0 radical (unpaired) electrons. The monoisotopic (exact) mass is 417 g/mol. The smallest absolute Gasteiger partial charge is 0.243 e. The highest BCUT2D eigenvalue weighted by atomic mass is 35.5. The van der Waals surface area contributed by atoms with Gasteiger partial charge in [0.25, 0.3) is 0 Å². The van der Waals surface area contributed by atoms with E-state index in [-0.39, 0.29) is 23.2 Å². The van der Waals surface area contributed by atoms with E-state index in [1.54, 1.807) is 29.4 Å². The molecule has 2 atom stereocenters. The van der Waals surface area contributed by atoms with Gasteiger partial charge in [0, 0.05) is 25.3 Å². The summed E-state index contributed by atoms with van der Waals surface area (Å²) in [5.41, 5.74) is 1.12. The zero-order valence-electron chi connectivity index (χ0n) is 15.5. The van der Waals surface area contributed by atoms with Gasteiger partial charge in [-0.2, -0.15) is 4.31 Å². The number of carbonyl (C=O) groups excluding carboxylic acids is 1. The Labute approximate surface area is 167 Å². The van der Waals surface area contributed by atoms with E-state index in [1.807, 2.05) is 0 Å². The third-order valence-corrected chi connectivity index (χ3v) is 7.10. The van der Waals surface area contributed by atoms with E-state index >= 15 is 0 Å². The van der Waals surface area contributed by atoms with Crippen molar-refractivity contribution in [2.45, 2.75) is 56.1 Å². The summed E-state index contributed by atoms with van der Waals surface area (Å²) >= 11 is 0. The zero-order chi connectivity index (χ0) is 18.7. The molecule has 0 bridgehead atoms. The Bertz CT molecular complexity index is 764. The topological polar surface area (TPSA) is 98.7 Å². The summed E-state index contributed by atoms with van der Waals surface area (Å²) in [4.78, 5) is 12.6. The summed E-state index contributed by atoms with van der Waals surface area (Å²) in [5.74, 6) is -0.261. The molecule has 0 saturated carbocycles. The van der Waals surface area contributed by atoms with Crippen LogP contribution in [0.15, 0.2) is 23.1 Å².